The topological polar surface area (TPSA) is 89.7 Å². The zero-order valence-electron chi connectivity index (χ0n) is 9.40. The first-order chi connectivity index (χ1) is 9.18. The molecule has 7 nitrogen and oxygen atoms in total. The predicted octanol–water partition coefficient (Wildman–Crippen LogP) is 1.04. The number of hydrogen-bond acceptors (Lipinski definition) is 6. The largest absolute Gasteiger partial charge is 0.368 e. The molecule has 0 radical (unpaired) electrons. The molecule has 0 bridgehead atoms. The summed E-state index contributed by atoms with van der Waals surface area (Å²) in [5.74, 6) is -2.24. The molecular formula is C12H6N2O5. The molecule has 0 saturated carbocycles. The molecule has 19 heavy (non-hydrogen) atoms. The lowest BCUT2D eigenvalue weighted by Gasteiger charge is -2.11. The Bertz CT molecular complexity index is 642. The molecule has 0 N–H and O–H groups in total. The van der Waals surface area contributed by atoms with Gasteiger partial charge in [0.1, 0.15) is 11.8 Å². The Hall–Kier alpha value is -2.96. The maximum Gasteiger partial charge on any atom is 0.368 e. The number of nitrogens with zero attached hydrogens (tertiary/aromatic N) is 2. The molecule has 1 aromatic carbocycles. The fraction of sp³-hybridized carbons (Fsp3) is 0. The van der Waals surface area contributed by atoms with Crippen LogP contribution in [0.3, 0.4) is 0 Å². The maximum atomic E-state index is 11.9. The van der Waals surface area contributed by atoms with Crippen LogP contribution in [0.25, 0.3) is 0 Å². The fourth-order valence-corrected chi connectivity index (χ4v) is 1.69. The van der Waals surface area contributed by atoms with Gasteiger partial charge in [-0.05, 0) is 12.1 Å². The van der Waals surface area contributed by atoms with Crippen LogP contribution in [0.2, 0.25) is 0 Å². The van der Waals surface area contributed by atoms with Crippen LogP contribution in [0.5, 0.6) is 0 Å². The molecule has 1 aliphatic rings. The Balaban J connectivity index is 1.87. The molecule has 0 saturated heterocycles. The average molecular weight is 258 g/mol. The molecule has 2 heterocycles. The van der Waals surface area contributed by atoms with Gasteiger partial charge in [-0.2, -0.15) is 0 Å². The molecule has 0 spiro atoms. The van der Waals surface area contributed by atoms with E-state index in [4.69, 9.17) is 4.84 Å². The average Bonchev–Trinajstić information content (AvgIpc) is 3.03. The van der Waals surface area contributed by atoms with Crippen molar-refractivity contribution in [1.29, 1.82) is 0 Å². The van der Waals surface area contributed by atoms with E-state index in [1.165, 1.54) is 12.1 Å². The summed E-state index contributed by atoms with van der Waals surface area (Å²) in [6, 6.07) is 6.22. The van der Waals surface area contributed by atoms with Crippen molar-refractivity contribution in [3.63, 3.8) is 0 Å². The highest BCUT2D eigenvalue weighted by molar-refractivity contribution is 6.21. The monoisotopic (exact) mass is 258 g/mol. The summed E-state index contributed by atoms with van der Waals surface area (Å²) in [5, 5.41) is 3.76. The van der Waals surface area contributed by atoms with Crippen molar-refractivity contribution in [2.24, 2.45) is 0 Å². The van der Waals surface area contributed by atoms with E-state index in [9.17, 15) is 14.4 Å². The number of benzene rings is 1. The van der Waals surface area contributed by atoms with Crippen LogP contribution in [0.15, 0.2) is 41.2 Å². The first kappa shape index (κ1) is 11.1. The van der Waals surface area contributed by atoms with Crippen LogP contribution in [0, 0.1) is 0 Å². The van der Waals surface area contributed by atoms with Crippen LogP contribution in [-0.2, 0) is 4.84 Å². The zero-order chi connectivity index (χ0) is 13.4. The van der Waals surface area contributed by atoms with E-state index in [-0.39, 0.29) is 16.7 Å². The Labute approximate surface area is 106 Å². The van der Waals surface area contributed by atoms with Gasteiger partial charge >= 0.3 is 5.97 Å². The number of hydroxylamine groups is 2. The van der Waals surface area contributed by atoms with Crippen LogP contribution < -0.4 is 0 Å². The lowest BCUT2D eigenvalue weighted by molar-refractivity contribution is -0.0585. The summed E-state index contributed by atoms with van der Waals surface area (Å²) in [6.07, 6.45) is 2.18. The minimum atomic E-state index is -0.893. The smallest absolute Gasteiger partial charge is 0.364 e. The molecular weight excluding hydrogens is 252 g/mol. The number of carbonyl (C=O) groups is 3. The highest BCUT2D eigenvalue weighted by atomic mass is 16.7. The highest BCUT2D eigenvalue weighted by Gasteiger charge is 2.38. The number of carbonyl (C=O) groups excluding carboxylic acids is 3. The molecule has 0 aliphatic carbocycles. The Kier molecular flexibility index (Phi) is 2.38. The first-order valence-corrected chi connectivity index (χ1v) is 5.28. The molecule has 2 aromatic rings. The quantitative estimate of drug-likeness (QED) is 0.747. The van der Waals surface area contributed by atoms with Gasteiger partial charge in [0.15, 0.2) is 0 Å². The summed E-state index contributed by atoms with van der Waals surface area (Å²) < 4.78 is 4.48. The number of imide groups is 1. The molecule has 1 aliphatic heterocycles. The molecule has 1 aromatic heterocycles. The van der Waals surface area contributed by atoms with Crippen LogP contribution in [-0.4, -0.2) is 28.0 Å². The van der Waals surface area contributed by atoms with Gasteiger partial charge in [0.25, 0.3) is 11.8 Å². The van der Waals surface area contributed by atoms with Crippen LogP contribution in [0.1, 0.15) is 31.1 Å². The SMILES string of the molecule is O=C(ON1C(=O)c2ccccc2C1=O)c1cnoc1. The molecule has 3 rings (SSSR count). The minimum absolute atomic E-state index is 0.0107. The summed E-state index contributed by atoms with van der Waals surface area (Å²) in [7, 11) is 0. The second kappa shape index (κ2) is 4.05. The van der Waals surface area contributed by atoms with E-state index in [0.717, 1.165) is 12.5 Å². The van der Waals surface area contributed by atoms with Gasteiger partial charge in [-0.3, -0.25) is 9.59 Å². The van der Waals surface area contributed by atoms with Crippen molar-refractivity contribution < 1.29 is 23.7 Å². The number of aromatic nitrogens is 1. The number of hydrogen-bond donors (Lipinski definition) is 0. The van der Waals surface area contributed by atoms with Gasteiger partial charge in [0.2, 0.25) is 0 Å². The van der Waals surface area contributed by atoms with Crippen molar-refractivity contribution >= 4 is 17.8 Å². The van der Waals surface area contributed by atoms with Crippen molar-refractivity contribution in [2.45, 2.75) is 0 Å². The number of amides is 2. The van der Waals surface area contributed by atoms with E-state index >= 15 is 0 Å². The van der Waals surface area contributed by atoms with Crippen molar-refractivity contribution in [3.05, 3.63) is 53.4 Å². The van der Waals surface area contributed by atoms with E-state index in [2.05, 4.69) is 9.68 Å². The van der Waals surface area contributed by atoms with Gasteiger partial charge in [0, 0.05) is 0 Å². The van der Waals surface area contributed by atoms with E-state index < -0.39 is 17.8 Å². The molecule has 0 atom stereocenters. The second-order valence-electron chi connectivity index (χ2n) is 3.74. The van der Waals surface area contributed by atoms with Gasteiger partial charge < -0.3 is 9.36 Å². The lowest BCUT2D eigenvalue weighted by atomic mass is 10.1. The highest BCUT2D eigenvalue weighted by Crippen LogP contribution is 2.23. The predicted molar refractivity (Wildman–Crippen MR) is 58.9 cm³/mol. The summed E-state index contributed by atoms with van der Waals surface area (Å²) in [6.45, 7) is 0. The Morgan fingerprint density at radius 3 is 2.32 bits per heavy atom. The summed E-state index contributed by atoms with van der Waals surface area (Å²) in [4.78, 5) is 40.2. The van der Waals surface area contributed by atoms with Gasteiger partial charge in [-0.25, -0.2) is 4.79 Å². The summed E-state index contributed by atoms with van der Waals surface area (Å²) >= 11 is 0. The number of fused-ring (bicyclic) bond motifs is 1. The number of rotatable bonds is 2. The zero-order valence-corrected chi connectivity index (χ0v) is 9.40. The van der Waals surface area contributed by atoms with E-state index in [0.29, 0.717) is 5.06 Å². The van der Waals surface area contributed by atoms with Crippen molar-refractivity contribution in [2.75, 3.05) is 0 Å². The van der Waals surface area contributed by atoms with Crippen molar-refractivity contribution in [3.8, 4) is 0 Å². The fourth-order valence-electron chi connectivity index (χ4n) is 1.69. The van der Waals surface area contributed by atoms with E-state index in [1.807, 2.05) is 0 Å². The van der Waals surface area contributed by atoms with E-state index in [1.54, 1.807) is 12.1 Å². The van der Waals surface area contributed by atoms with Crippen LogP contribution in [0.4, 0.5) is 0 Å². The van der Waals surface area contributed by atoms with Gasteiger partial charge in [0.05, 0.1) is 17.3 Å². The Morgan fingerprint density at radius 1 is 1.16 bits per heavy atom. The normalized spacial score (nSPS) is 13.6. The standard InChI is InChI=1S/C12H6N2O5/c15-10-8-3-1-2-4-9(8)11(16)14(10)19-12(17)7-5-13-18-6-7/h1-6H. The van der Waals surface area contributed by atoms with Crippen LogP contribution >= 0.6 is 0 Å². The molecule has 94 valence electrons. The van der Waals surface area contributed by atoms with Crippen molar-refractivity contribution in [1.82, 2.24) is 10.2 Å². The summed E-state index contributed by atoms with van der Waals surface area (Å²) in [5.41, 5.74) is 0.410. The molecule has 7 heteroatoms. The molecule has 2 amide bonds. The lowest BCUT2D eigenvalue weighted by Crippen LogP contribution is -2.32. The molecule has 0 unspecified atom stereocenters. The minimum Gasteiger partial charge on any atom is -0.364 e. The third kappa shape index (κ3) is 1.68. The second-order valence-corrected chi connectivity index (χ2v) is 3.74. The first-order valence-electron chi connectivity index (χ1n) is 5.28. The maximum absolute atomic E-state index is 11.9. The van der Waals surface area contributed by atoms with Gasteiger partial charge in [-0.1, -0.05) is 22.4 Å². The molecule has 0 fully saturated rings. The third-order valence-electron chi connectivity index (χ3n) is 2.60. The Morgan fingerprint density at radius 2 is 1.79 bits per heavy atom. The third-order valence-corrected chi connectivity index (χ3v) is 2.60. The van der Waals surface area contributed by atoms with Gasteiger partial charge in [-0.15, -0.1) is 0 Å².